The topological polar surface area (TPSA) is 98.4 Å². The maximum Gasteiger partial charge on any atom is 0.227 e. The van der Waals surface area contributed by atoms with Gasteiger partial charge in [-0.2, -0.15) is 0 Å². The number of carbonyl (C=O) groups excluding carboxylic acids is 3. The van der Waals surface area contributed by atoms with Gasteiger partial charge in [0.1, 0.15) is 0 Å². The third kappa shape index (κ3) is 2.64. The van der Waals surface area contributed by atoms with Gasteiger partial charge in [0.2, 0.25) is 17.7 Å². The van der Waals surface area contributed by atoms with Crippen molar-refractivity contribution < 1.29 is 14.4 Å². The first-order valence-electron chi connectivity index (χ1n) is 10.5. The fourth-order valence-corrected chi connectivity index (χ4v) is 5.32. The number of hydrogen-bond acceptors (Lipinski definition) is 4. The summed E-state index contributed by atoms with van der Waals surface area (Å²) in [5, 5.41) is 2.75. The standard InChI is InChI=1S/C20H27N5O3/c26-16-10-14(11-21-16)18(27)24-8-5-20(6-9-24)17-15(22-12-23-17)4-7-25(20)19(28)13-2-1-3-13/h12-14H,1-11H2,(H,21,26)(H,22,23). The molecule has 3 aliphatic heterocycles. The third-order valence-electron chi connectivity index (χ3n) is 7.21. The number of hydrogen-bond donors (Lipinski definition) is 2. The van der Waals surface area contributed by atoms with Gasteiger partial charge >= 0.3 is 0 Å². The molecule has 1 atom stereocenters. The molecule has 1 unspecified atom stereocenters. The first-order valence-corrected chi connectivity index (χ1v) is 10.5. The van der Waals surface area contributed by atoms with Crippen molar-refractivity contribution in [3.63, 3.8) is 0 Å². The van der Waals surface area contributed by atoms with Gasteiger partial charge in [-0.1, -0.05) is 6.42 Å². The van der Waals surface area contributed by atoms with Gasteiger partial charge in [-0.25, -0.2) is 4.98 Å². The van der Waals surface area contributed by atoms with Crippen molar-refractivity contribution in [3.05, 3.63) is 17.7 Å². The molecule has 1 spiro atoms. The second-order valence-electron chi connectivity index (χ2n) is 8.66. The molecular formula is C20H27N5O3. The lowest BCUT2D eigenvalue weighted by Gasteiger charge is -2.52. The van der Waals surface area contributed by atoms with Crippen LogP contribution in [0.15, 0.2) is 6.33 Å². The zero-order valence-corrected chi connectivity index (χ0v) is 16.1. The van der Waals surface area contributed by atoms with E-state index in [1.54, 1.807) is 6.33 Å². The Bertz CT molecular complexity index is 807. The summed E-state index contributed by atoms with van der Waals surface area (Å²) < 4.78 is 0. The van der Waals surface area contributed by atoms with E-state index < -0.39 is 5.54 Å². The summed E-state index contributed by atoms with van der Waals surface area (Å²) in [5.41, 5.74) is 1.72. The minimum atomic E-state index is -0.402. The first-order chi connectivity index (χ1) is 13.6. The van der Waals surface area contributed by atoms with Crippen LogP contribution in [0.25, 0.3) is 0 Å². The van der Waals surface area contributed by atoms with E-state index in [1.165, 1.54) is 0 Å². The smallest absolute Gasteiger partial charge is 0.227 e. The van der Waals surface area contributed by atoms with E-state index >= 15 is 0 Å². The SMILES string of the molecule is O=C1CC(C(=O)N2CCC3(CC2)c2nc[nH]c2CCN3C(=O)C2CCC2)CN1. The summed E-state index contributed by atoms with van der Waals surface area (Å²) in [4.78, 5) is 49.3. The van der Waals surface area contributed by atoms with E-state index in [9.17, 15) is 14.4 Å². The molecule has 5 rings (SSSR count). The highest BCUT2D eigenvalue weighted by Gasteiger charge is 2.51. The predicted octanol–water partition coefficient (Wildman–Crippen LogP) is 0.548. The van der Waals surface area contributed by atoms with Crippen molar-refractivity contribution in [2.45, 2.75) is 50.5 Å². The van der Waals surface area contributed by atoms with Gasteiger partial charge in [0.25, 0.3) is 0 Å². The number of aromatic amines is 1. The van der Waals surface area contributed by atoms with Crippen molar-refractivity contribution in [2.24, 2.45) is 11.8 Å². The van der Waals surface area contributed by atoms with Crippen LogP contribution in [0, 0.1) is 11.8 Å². The average molecular weight is 385 g/mol. The highest BCUT2D eigenvalue weighted by Crippen LogP contribution is 2.44. The van der Waals surface area contributed by atoms with E-state index in [2.05, 4.69) is 20.2 Å². The number of fused-ring (bicyclic) bond motifs is 2. The molecule has 3 amide bonds. The van der Waals surface area contributed by atoms with Crippen LogP contribution in [0.4, 0.5) is 0 Å². The molecule has 8 nitrogen and oxygen atoms in total. The molecule has 0 bridgehead atoms. The Morgan fingerprint density at radius 3 is 2.54 bits per heavy atom. The van der Waals surface area contributed by atoms with E-state index in [0.717, 1.165) is 43.6 Å². The zero-order chi connectivity index (χ0) is 19.3. The molecule has 8 heteroatoms. The number of H-pyrrole nitrogens is 1. The molecule has 0 aromatic carbocycles. The Hall–Kier alpha value is -2.38. The number of nitrogens with one attached hydrogen (secondary N) is 2. The maximum atomic E-state index is 13.2. The Labute approximate surface area is 164 Å². The van der Waals surface area contributed by atoms with Crippen molar-refractivity contribution in [1.82, 2.24) is 25.1 Å². The van der Waals surface area contributed by atoms with E-state index in [1.807, 2.05) is 4.90 Å². The van der Waals surface area contributed by atoms with Crippen LogP contribution in [-0.2, 0) is 26.3 Å². The first kappa shape index (κ1) is 17.7. The molecule has 2 saturated heterocycles. The highest BCUT2D eigenvalue weighted by molar-refractivity contribution is 5.89. The minimum Gasteiger partial charge on any atom is -0.355 e. The van der Waals surface area contributed by atoms with Gasteiger partial charge in [-0.05, 0) is 25.7 Å². The summed E-state index contributed by atoms with van der Waals surface area (Å²) in [6.45, 7) is 2.36. The fourth-order valence-electron chi connectivity index (χ4n) is 5.32. The minimum absolute atomic E-state index is 0.0439. The highest BCUT2D eigenvalue weighted by atomic mass is 16.2. The number of amides is 3. The Kier molecular flexibility index (Phi) is 4.17. The number of piperidine rings is 1. The van der Waals surface area contributed by atoms with Crippen LogP contribution >= 0.6 is 0 Å². The summed E-state index contributed by atoms with van der Waals surface area (Å²) >= 11 is 0. The zero-order valence-electron chi connectivity index (χ0n) is 16.1. The van der Waals surface area contributed by atoms with Crippen LogP contribution in [0.1, 0.15) is 49.9 Å². The molecule has 150 valence electrons. The number of rotatable bonds is 2. The summed E-state index contributed by atoms with van der Waals surface area (Å²) in [5.74, 6) is 0.195. The Morgan fingerprint density at radius 1 is 1.11 bits per heavy atom. The Morgan fingerprint density at radius 2 is 1.89 bits per heavy atom. The summed E-state index contributed by atoms with van der Waals surface area (Å²) in [7, 11) is 0. The Balaban J connectivity index is 1.37. The van der Waals surface area contributed by atoms with Gasteiger partial charge < -0.3 is 20.1 Å². The lowest BCUT2D eigenvalue weighted by Crippen LogP contribution is -2.60. The molecule has 2 N–H and O–H groups in total. The molecule has 1 aromatic rings. The third-order valence-corrected chi connectivity index (χ3v) is 7.21. The van der Waals surface area contributed by atoms with Gasteiger partial charge in [0.05, 0.1) is 23.5 Å². The van der Waals surface area contributed by atoms with Crippen molar-refractivity contribution in [1.29, 1.82) is 0 Å². The van der Waals surface area contributed by atoms with Crippen LogP contribution in [0.3, 0.4) is 0 Å². The normalized spacial score (nSPS) is 26.7. The van der Waals surface area contributed by atoms with Crippen molar-refractivity contribution >= 4 is 17.7 Å². The summed E-state index contributed by atoms with van der Waals surface area (Å²) in [6.07, 6.45) is 7.38. The molecule has 4 aliphatic rings. The molecule has 28 heavy (non-hydrogen) atoms. The molecule has 3 fully saturated rings. The number of likely N-dealkylation sites (tertiary alicyclic amines) is 1. The average Bonchev–Trinajstić information content (AvgIpc) is 3.30. The predicted molar refractivity (Wildman–Crippen MR) is 100.0 cm³/mol. The van der Waals surface area contributed by atoms with Crippen LogP contribution in [0.5, 0.6) is 0 Å². The van der Waals surface area contributed by atoms with Gasteiger partial charge in [0.15, 0.2) is 0 Å². The van der Waals surface area contributed by atoms with E-state index in [4.69, 9.17) is 0 Å². The van der Waals surface area contributed by atoms with Crippen molar-refractivity contribution in [3.8, 4) is 0 Å². The number of aromatic nitrogens is 2. The molecule has 0 radical (unpaired) electrons. The van der Waals surface area contributed by atoms with Crippen LogP contribution < -0.4 is 5.32 Å². The van der Waals surface area contributed by atoms with Crippen LogP contribution in [0.2, 0.25) is 0 Å². The van der Waals surface area contributed by atoms with Crippen molar-refractivity contribution in [2.75, 3.05) is 26.2 Å². The monoisotopic (exact) mass is 385 g/mol. The van der Waals surface area contributed by atoms with Gasteiger partial charge in [-0.3, -0.25) is 14.4 Å². The van der Waals surface area contributed by atoms with Gasteiger partial charge in [-0.15, -0.1) is 0 Å². The quantitative estimate of drug-likeness (QED) is 0.777. The molecule has 1 aliphatic carbocycles. The largest absolute Gasteiger partial charge is 0.355 e. The molecule has 1 saturated carbocycles. The number of nitrogens with zero attached hydrogens (tertiary/aromatic N) is 3. The number of imidazole rings is 1. The lowest BCUT2D eigenvalue weighted by molar-refractivity contribution is -0.151. The van der Waals surface area contributed by atoms with Gasteiger partial charge in [0, 0.05) is 50.6 Å². The molecular weight excluding hydrogens is 358 g/mol. The second-order valence-corrected chi connectivity index (χ2v) is 8.66. The molecule has 1 aromatic heterocycles. The van der Waals surface area contributed by atoms with E-state index in [-0.39, 0.29) is 36.0 Å². The maximum absolute atomic E-state index is 13.2. The fraction of sp³-hybridized carbons (Fsp3) is 0.700. The lowest BCUT2D eigenvalue weighted by atomic mass is 9.76. The van der Waals surface area contributed by atoms with Crippen LogP contribution in [-0.4, -0.2) is 63.7 Å². The number of carbonyl (C=O) groups is 3. The summed E-state index contributed by atoms with van der Waals surface area (Å²) in [6, 6.07) is 0. The molecule has 4 heterocycles. The second kappa shape index (κ2) is 6.60. The van der Waals surface area contributed by atoms with E-state index in [0.29, 0.717) is 32.5 Å².